The maximum absolute atomic E-state index is 4.47. The molecule has 0 N–H and O–H groups in total. The van der Waals surface area contributed by atoms with Gasteiger partial charge >= 0.3 is 0 Å². The molecule has 2 nitrogen and oxygen atoms in total. The van der Waals surface area contributed by atoms with Crippen molar-refractivity contribution in [2.24, 2.45) is 5.92 Å². The number of rotatable bonds is 4. The third kappa shape index (κ3) is 1.43. The molecule has 2 rings (SSSR count). The van der Waals surface area contributed by atoms with Crippen LogP contribution in [0.3, 0.4) is 0 Å². The fourth-order valence-electron chi connectivity index (χ4n) is 2.63. The lowest BCUT2D eigenvalue weighted by Gasteiger charge is -2.23. The molecule has 0 aromatic carbocycles. The van der Waals surface area contributed by atoms with Gasteiger partial charge < -0.3 is 0 Å². The number of hydrogen-bond donors (Lipinski definition) is 0. The quantitative estimate of drug-likeness (QED) is 0.729. The molecule has 76 valence electrons. The molecule has 1 aliphatic carbocycles. The third-order valence-electron chi connectivity index (χ3n) is 3.63. The SMILES string of the molecule is CCC(CC)C1(c2cnccn2)CC1. The lowest BCUT2D eigenvalue weighted by atomic mass is 9.82. The number of aromatic nitrogens is 2. The maximum Gasteiger partial charge on any atom is 0.0651 e. The second-order valence-corrected chi connectivity index (χ2v) is 4.26. The van der Waals surface area contributed by atoms with Gasteiger partial charge in [0.2, 0.25) is 0 Å². The summed E-state index contributed by atoms with van der Waals surface area (Å²) >= 11 is 0. The van der Waals surface area contributed by atoms with Gasteiger partial charge in [0.25, 0.3) is 0 Å². The van der Waals surface area contributed by atoms with Crippen LogP contribution in [0.15, 0.2) is 18.6 Å². The summed E-state index contributed by atoms with van der Waals surface area (Å²) in [6, 6.07) is 0. The molecule has 0 bridgehead atoms. The van der Waals surface area contributed by atoms with Gasteiger partial charge in [-0.3, -0.25) is 9.97 Å². The summed E-state index contributed by atoms with van der Waals surface area (Å²) in [5.41, 5.74) is 1.60. The van der Waals surface area contributed by atoms with E-state index in [2.05, 4.69) is 23.8 Å². The monoisotopic (exact) mass is 190 g/mol. The second kappa shape index (κ2) is 3.68. The first-order valence-corrected chi connectivity index (χ1v) is 5.60. The number of hydrogen-bond acceptors (Lipinski definition) is 2. The van der Waals surface area contributed by atoms with Crippen LogP contribution in [0.2, 0.25) is 0 Å². The van der Waals surface area contributed by atoms with Crippen molar-refractivity contribution in [3.8, 4) is 0 Å². The van der Waals surface area contributed by atoms with E-state index in [0.29, 0.717) is 5.41 Å². The van der Waals surface area contributed by atoms with Crippen LogP contribution in [0.5, 0.6) is 0 Å². The first-order valence-electron chi connectivity index (χ1n) is 5.60. The Kier molecular flexibility index (Phi) is 2.53. The fraction of sp³-hybridized carbons (Fsp3) is 0.667. The fourth-order valence-corrected chi connectivity index (χ4v) is 2.63. The molecule has 14 heavy (non-hydrogen) atoms. The Labute approximate surface area is 85.8 Å². The van der Waals surface area contributed by atoms with Gasteiger partial charge in [-0.2, -0.15) is 0 Å². The van der Waals surface area contributed by atoms with E-state index in [1.165, 1.54) is 31.4 Å². The van der Waals surface area contributed by atoms with Crippen LogP contribution in [-0.4, -0.2) is 9.97 Å². The molecule has 1 heterocycles. The van der Waals surface area contributed by atoms with Crippen molar-refractivity contribution in [1.82, 2.24) is 9.97 Å². The van der Waals surface area contributed by atoms with E-state index in [0.717, 1.165) is 5.92 Å². The lowest BCUT2D eigenvalue weighted by molar-refractivity contribution is 0.371. The zero-order chi connectivity index (χ0) is 10.0. The minimum absolute atomic E-state index is 0.387. The van der Waals surface area contributed by atoms with Crippen molar-refractivity contribution in [2.75, 3.05) is 0 Å². The molecule has 1 aromatic heterocycles. The van der Waals surface area contributed by atoms with Gasteiger partial charge in [-0.05, 0) is 18.8 Å². The van der Waals surface area contributed by atoms with Crippen LogP contribution in [0.25, 0.3) is 0 Å². The summed E-state index contributed by atoms with van der Waals surface area (Å²) in [6.07, 6.45) is 10.6. The molecule has 0 unspecified atom stereocenters. The van der Waals surface area contributed by atoms with Crippen LogP contribution in [-0.2, 0) is 5.41 Å². The Morgan fingerprint density at radius 3 is 2.43 bits per heavy atom. The zero-order valence-electron chi connectivity index (χ0n) is 9.03. The van der Waals surface area contributed by atoms with E-state index >= 15 is 0 Å². The Morgan fingerprint density at radius 2 is 2.00 bits per heavy atom. The molecule has 0 saturated heterocycles. The highest BCUT2D eigenvalue weighted by molar-refractivity contribution is 5.23. The highest BCUT2D eigenvalue weighted by Gasteiger charge is 2.50. The second-order valence-electron chi connectivity index (χ2n) is 4.26. The molecular formula is C12H18N2. The minimum Gasteiger partial charge on any atom is -0.261 e. The van der Waals surface area contributed by atoms with Crippen molar-refractivity contribution in [3.05, 3.63) is 24.3 Å². The van der Waals surface area contributed by atoms with Crippen LogP contribution in [0, 0.1) is 5.92 Å². The summed E-state index contributed by atoms with van der Waals surface area (Å²) in [5.74, 6) is 0.791. The van der Waals surface area contributed by atoms with E-state index in [1.807, 2.05) is 12.4 Å². The minimum atomic E-state index is 0.387. The van der Waals surface area contributed by atoms with Gasteiger partial charge in [-0.1, -0.05) is 26.7 Å². The Hall–Kier alpha value is -0.920. The molecule has 0 amide bonds. The van der Waals surface area contributed by atoms with Gasteiger partial charge in [0.1, 0.15) is 0 Å². The van der Waals surface area contributed by atoms with Crippen molar-refractivity contribution in [1.29, 1.82) is 0 Å². The topological polar surface area (TPSA) is 25.8 Å². The normalized spacial score (nSPS) is 18.5. The van der Waals surface area contributed by atoms with Crippen molar-refractivity contribution >= 4 is 0 Å². The van der Waals surface area contributed by atoms with E-state index in [-0.39, 0.29) is 0 Å². The Balaban J connectivity index is 2.25. The summed E-state index contributed by atoms with van der Waals surface area (Å²) in [4.78, 5) is 8.65. The molecule has 1 aromatic rings. The van der Waals surface area contributed by atoms with E-state index in [1.54, 1.807) is 6.20 Å². The average Bonchev–Trinajstić information content (AvgIpc) is 3.03. The van der Waals surface area contributed by atoms with Crippen molar-refractivity contribution < 1.29 is 0 Å². The maximum atomic E-state index is 4.47. The lowest BCUT2D eigenvalue weighted by Crippen LogP contribution is -2.20. The molecule has 2 heteroatoms. The molecule has 0 spiro atoms. The van der Waals surface area contributed by atoms with Crippen LogP contribution < -0.4 is 0 Å². The van der Waals surface area contributed by atoms with E-state index < -0.39 is 0 Å². The molecule has 0 atom stereocenters. The molecule has 1 fully saturated rings. The zero-order valence-corrected chi connectivity index (χ0v) is 9.03. The smallest absolute Gasteiger partial charge is 0.0651 e. The molecule has 0 radical (unpaired) electrons. The highest BCUT2D eigenvalue weighted by atomic mass is 14.8. The Morgan fingerprint density at radius 1 is 1.29 bits per heavy atom. The van der Waals surface area contributed by atoms with Gasteiger partial charge in [0, 0.05) is 24.0 Å². The molecule has 0 aliphatic heterocycles. The van der Waals surface area contributed by atoms with Crippen LogP contribution in [0.4, 0.5) is 0 Å². The largest absolute Gasteiger partial charge is 0.261 e. The van der Waals surface area contributed by atoms with E-state index in [4.69, 9.17) is 0 Å². The first-order chi connectivity index (χ1) is 6.83. The molecular weight excluding hydrogens is 172 g/mol. The van der Waals surface area contributed by atoms with Crippen LogP contribution in [0.1, 0.15) is 45.2 Å². The predicted octanol–water partition coefficient (Wildman–Crippen LogP) is 2.94. The van der Waals surface area contributed by atoms with Gasteiger partial charge in [-0.15, -0.1) is 0 Å². The van der Waals surface area contributed by atoms with E-state index in [9.17, 15) is 0 Å². The van der Waals surface area contributed by atoms with Crippen molar-refractivity contribution in [2.45, 2.75) is 44.9 Å². The summed E-state index contributed by atoms with van der Waals surface area (Å²) in [7, 11) is 0. The van der Waals surface area contributed by atoms with Gasteiger partial charge in [-0.25, -0.2) is 0 Å². The summed E-state index contributed by atoms with van der Waals surface area (Å²) in [6.45, 7) is 4.56. The van der Waals surface area contributed by atoms with Gasteiger partial charge in [0.15, 0.2) is 0 Å². The van der Waals surface area contributed by atoms with Crippen LogP contribution >= 0.6 is 0 Å². The average molecular weight is 190 g/mol. The molecule has 1 saturated carbocycles. The molecule has 1 aliphatic rings. The highest BCUT2D eigenvalue weighted by Crippen LogP contribution is 2.55. The van der Waals surface area contributed by atoms with Crippen molar-refractivity contribution in [3.63, 3.8) is 0 Å². The Bertz CT molecular complexity index is 286. The standard InChI is InChI=1S/C12H18N2/c1-3-10(4-2)12(5-6-12)11-9-13-7-8-14-11/h7-10H,3-6H2,1-2H3. The van der Waals surface area contributed by atoms with Gasteiger partial charge in [0.05, 0.1) is 5.69 Å². The third-order valence-corrected chi connectivity index (χ3v) is 3.63. The first kappa shape index (κ1) is 9.63. The summed E-state index contributed by atoms with van der Waals surface area (Å²) < 4.78 is 0. The number of nitrogens with zero attached hydrogens (tertiary/aromatic N) is 2. The summed E-state index contributed by atoms with van der Waals surface area (Å²) in [5, 5.41) is 0. The predicted molar refractivity (Wildman–Crippen MR) is 57.0 cm³/mol.